The molecule has 2 aromatic rings. The molecule has 0 spiro atoms. The van der Waals surface area contributed by atoms with Crippen molar-refractivity contribution >= 4 is 17.5 Å². The molecule has 0 unspecified atom stereocenters. The van der Waals surface area contributed by atoms with Gasteiger partial charge < -0.3 is 10.2 Å². The highest BCUT2D eigenvalue weighted by molar-refractivity contribution is 6.08. The van der Waals surface area contributed by atoms with Crippen LogP contribution in [0.25, 0.3) is 0 Å². The van der Waals surface area contributed by atoms with Crippen LogP contribution in [0.2, 0.25) is 0 Å². The summed E-state index contributed by atoms with van der Waals surface area (Å²) in [5, 5.41) is 2.01. The number of likely N-dealkylation sites (N-methyl/N-ethyl adjacent to an activating group) is 1. The van der Waals surface area contributed by atoms with Crippen LogP contribution in [-0.2, 0) is 15.8 Å². The highest BCUT2D eigenvalue weighted by Gasteiger charge is 2.45. The van der Waals surface area contributed by atoms with Crippen molar-refractivity contribution < 1.29 is 35.9 Å². The van der Waals surface area contributed by atoms with Crippen LogP contribution in [0.5, 0.6) is 0 Å². The Kier molecular flexibility index (Phi) is 5.29. The smallest absolute Gasteiger partial charge is 0.344 e. The summed E-state index contributed by atoms with van der Waals surface area (Å²) in [6.07, 6.45) is -4.95. The first-order chi connectivity index (χ1) is 13.5. The molecule has 2 aromatic carbocycles. The zero-order valence-corrected chi connectivity index (χ0v) is 14.9. The van der Waals surface area contributed by atoms with Crippen LogP contribution in [0.3, 0.4) is 0 Å². The average Bonchev–Trinajstić information content (AvgIpc) is 2.90. The topological polar surface area (TPSA) is 49.4 Å². The van der Waals surface area contributed by atoms with Gasteiger partial charge in [0.05, 0.1) is 11.3 Å². The number of carbonyl (C=O) groups is 2. The Labute approximate surface area is 161 Å². The minimum absolute atomic E-state index is 0.0236. The minimum atomic E-state index is -4.95. The number of alkyl halides is 3. The summed E-state index contributed by atoms with van der Waals surface area (Å²) in [5.74, 6) is -7.28. The van der Waals surface area contributed by atoms with Gasteiger partial charge in [0.25, 0.3) is 0 Å². The van der Waals surface area contributed by atoms with Crippen molar-refractivity contribution in [3.8, 4) is 0 Å². The summed E-state index contributed by atoms with van der Waals surface area (Å²) in [6, 6.07) is 4.22. The molecule has 1 aliphatic rings. The van der Waals surface area contributed by atoms with Crippen LogP contribution in [-0.4, -0.2) is 30.3 Å². The van der Waals surface area contributed by atoms with Gasteiger partial charge in [0.2, 0.25) is 11.8 Å². The third-order valence-electron chi connectivity index (χ3n) is 4.66. The fourth-order valence-corrected chi connectivity index (χ4v) is 3.35. The lowest BCUT2D eigenvalue weighted by atomic mass is 9.87. The predicted octanol–water partition coefficient (Wildman–Crippen LogP) is 3.93. The Bertz CT molecular complexity index is 955. The van der Waals surface area contributed by atoms with E-state index in [9.17, 15) is 35.9 Å². The molecule has 1 saturated heterocycles. The Morgan fingerprint density at radius 2 is 1.66 bits per heavy atom. The molecule has 1 heterocycles. The first-order valence-corrected chi connectivity index (χ1v) is 8.36. The molecule has 2 amide bonds. The van der Waals surface area contributed by atoms with Gasteiger partial charge in [-0.3, -0.25) is 9.59 Å². The summed E-state index contributed by atoms with van der Waals surface area (Å²) in [4.78, 5) is 26.2. The fourth-order valence-electron chi connectivity index (χ4n) is 3.35. The van der Waals surface area contributed by atoms with Crippen molar-refractivity contribution in [3.05, 3.63) is 65.0 Å². The molecule has 4 nitrogen and oxygen atoms in total. The van der Waals surface area contributed by atoms with Crippen molar-refractivity contribution in [3.63, 3.8) is 0 Å². The zero-order valence-electron chi connectivity index (χ0n) is 14.9. The number of anilines is 1. The van der Waals surface area contributed by atoms with Gasteiger partial charge in [-0.1, -0.05) is 0 Å². The van der Waals surface area contributed by atoms with Gasteiger partial charge in [-0.05, 0) is 35.9 Å². The molecule has 0 radical (unpaired) electrons. The van der Waals surface area contributed by atoms with Crippen molar-refractivity contribution in [1.82, 2.24) is 4.90 Å². The normalized spacial score (nSPS) is 19.6. The second-order valence-corrected chi connectivity index (χ2v) is 6.68. The van der Waals surface area contributed by atoms with Crippen molar-refractivity contribution in [2.24, 2.45) is 5.92 Å². The largest absolute Gasteiger partial charge is 0.418 e. The molecule has 1 N–H and O–H groups in total. The molecule has 0 saturated carbocycles. The molecule has 1 fully saturated rings. The number of nitrogens with one attached hydrogen (secondary N) is 1. The van der Waals surface area contributed by atoms with E-state index in [4.69, 9.17) is 0 Å². The third-order valence-corrected chi connectivity index (χ3v) is 4.66. The molecular formula is C19H14F6N2O2. The van der Waals surface area contributed by atoms with Crippen LogP contribution in [0, 0.1) is 23.4 Å². The lowest BCUT2D eigenvalue weighted by Gasteiger charge is -2.19. The highest BCUT2D eigenvalue weighted by atomic mass is 19.4. The van der Waals surface area contributed by atoms with Crippen LogP contribution >= 0.6 is 0 Å². The Hall–Kier alpha value is -3.04. The van der Waals surface area contributed by atoms with Gasteiger partial charge in [-0.25, -0.2) is 13.2 Å². The van der Waals surface area contributed by atoms with E-state index in [0.29, 0.717) is 6.07 Å². The monoisotopic (exact) mass is 416 g/mol. The molecule has 10 heteroatoms. The minimum Gasteiger partial charge on any atom is -0.344 e. The number of nitrogens with zero attached hydrogens (tertiary/aromatic N) is 1. The van der Waals surface area contributed by atoms with Crippen molar-refractivity contribution in [1.29, 1.82) is 0 Å². The number of hydrogen-bond donors (Lipinski definition) is 1. The first-order valence-electron chi connectivity index (χ1n) is 8.36. The second-order valence-electron chi connectivity index (χ2n) is 6.68. The number of likely N-dealkylation sites (tertiary alicyclic amines) is 1. The van der Waals surface area contributed by atoms with Crippen LogP contribution in [0.1, 0.15) is 17.0 Å². The quantitative estimate of drug-likeness (QED) is 0.609. The third kappa shape index (κ3) is 4.20. The summed E-state index contributed by atoms with van der Waals surface area (Å²) < 4.78 is 79.8. The van der Waals surface area contributed by atoms with E-state index in [0.717, 1.165) is 29.2 Å². The van der Waals surface area contributed by atoms with E-state index in [2.05, 4.69) is 0 Å². The van der Waals surface area contributed by atoms with E-state index in [-0.39, 0.29) is 18.2 Å². The number of benzene rings is 2. The van der Waals surface area contributed by atoms with E-state index in [1.54, 1.807) is 0 Å². The molecule has 0 bridgehead atoms. The SMILES string of the molecule is CN1C[C@H](c2cc(F)cc(F)c2)[C@@H](C(=O)Nc2ccc(F)cc2C(F)(F)F)C1=O. The molecule has 2 atom stereocenters. The summed E-state index contributed by atoms with van der Waals surface area (Å²) in [6.45, 7) is -0.0602. The van der Waals surface area contributed by atoms with Crippen molar-refractivity contribution in [2.75, 3.05) is 18.9 Å². The van der Waals surface area contributed by atoms with Crippen LogP contribution < -0.4 is 5.32 Å². The van der Waals surface area contributed by atoms with Gasteiger partial charge in [0.15, 0.2) is 0 Å². The molecule has 154 valence electrons. The maximum Gasteiger partial charge on any atom is 0.418 e. The van der Waals surface area contributed by atoms with E-state index < -0.39 is 58.5 Å². The molecule has 3 rings (SSSR count). The predicted molar refractivity (Wildman–Crippen MR) is 90.3 cm³/mol. The van der Waals surface area contributed by atoms with Gasteiger partial charge in [-0.15, -0.1) is 0 Å². The summed E-state index contributed by atoms with van der Waals surface area (Å²) in [5.41, 5.74) is -2.12. The number of hydrogen-bond acceptors (Lipinski definition) is 2. The first kappa shape index (κ1) is 20.7. The number of halogens is 6. The molecule has 0 aliphatic carbocycles. The molecule has 29 heavy (non-hydrogen) atoms. The summed E-state index contributed by atoms with van der Waals surface area (Å²) in [7, 11) is 1.36. The van der Waals surface area contributed by atoms with Crippen LogP contribution in [0.15, 0.2) is 36.4 Å². The number of rotatable bonds is 3. The Morgan fingerprint density at radius 1 is 1.03 bits per heavy atom. The van der Waals surface area contributed by atoms with E-state index in [1.165, 1.54) is 7.05 Å². The van der Waals surface area contributed by atoms with Crippen LogP contribution in [0.4, 0.5) is 32.0 Å². The van der Waals surface area contributed by atoms with Gasteiger partial charge in [0, 0.05) is 25.6 Å². The van der Waals surface area contributed by atoms with Crippen molar-refractivity contribution in [2.45, 2.75) is 12.1 Å². The van der Waals surface area contributed by atoms with Gasteiger partial charge in [0.1, 0.15) is 23.4 Å². The molecule has 0 aromatic heterocycles. The van der Waals surface area contributed by atoms with E-state index in [1.807, 2.05) is 5.32 Å². The Balaban J connectivity index is 1.96. The van der Waals surface area contributed by atoms with Gasteiger partial charge >= 0.3 is 6.18 Å². The standard InChI is InChI=1S/C19H14F6N2O2/c1-27-8-13(9-4-11(21)6-12(22)5-9)16(18(27)29)17(28)26-15-3-2-10(20)7-14(15)19(23,24)25/h2-7,13,16H,8H2,1H3,(H,26,28)/t13-,16+/m1/s1. The lowest BCUT2D eigenvalue weighted by molar-refractivity contribution is -0.137. The fraction of sp³-hybridized carbons (Fsp3) is 0.263. The average molecular weight is 416 g/mol. The van der Waals surface area contributed by atoms with Gasteiger partial charge in [-0.2, -0.15) is 13.2 Å². The summed E-state index contributed by atoms with van der Waals surface area (Å²) >= 11 is 0. The lowest BCUT2D eigenvalue weighted by Crippen LogP contribution is -2.33. The zero-order chi connectivity index (χ0) is 21.5. The number of carbonyl (C=O) groups excluding carboxylic acids is 2. The molecule has 1 aliphatic heterocycles. The highest BCUT2D eigenvalue weighted by Crippen LogP contribution is 2.38. The van der Waals surface area contributed by atoms with E-state index >= 15 is 0 Å². The maximum absolute atomic E-state index is 13.6. The maximum atomic E-state index is 13.6. The second kappa shape index (κ2) is 7.41. The Morgan fingerprint density at radius 3 is 2.24 bits per heavy atom. The number of amides is 2. The molecular weight excluding hydrogens is 402 g/mol.